The minimum absolute atomic E-state index is 0.00471. The highest BCUT2D eigenvalue weighted by Crippen LogP contribution is 2.30. The van der Waals surface area contributed by atoms with Crippen LogP contribution in [0.4, 0.5) is 0 Å². The highest BCUT2D eigenvalue weighted by Gasteiger charge is 2.39. The van der Waals surface area contributed by atoms with Crippen molar-refractivity contribution < 1.29 is 9.59 Å². The van der Waals surface area contributed by atoms with Crippen molar-refractivity contribution in [2.45, 2.75) is 18.9 Å². The van der Waals surface area contributed by atoms with E-state index >= 15 is 0 Å². The van der Waals surface area contributed by atoms with E-state index in [1.54, 1.807) is 24.5 Å². The van der Waals surface area contributed by atoms with Gasteiger partial charge in [0.1, 0.15) is 5.69 Å². The minimum Gasteiger partial charge on any atom is -0.335 e. The number of pyridine rings is 2. The quantitative estimate of drug-likeness (QED) is 0.679. The monoisotopic (exact) mass is 386 g/mol. The third-order valence-electron chi connectivity index (χ3n) is 5.98. The number of carbonyl (C=O) groups is 2. The van der Waals surface area contributed by atoms with Crippen molar-refractivity contribution in [1.82, 2.24) is 19.8 Å². The van der Waals surface area contributed by atoms with E-state index < -0.39 is 0 Å². The molecule has 6 rings (SSSR count). The molecule has 29 heavy (non-hydrogen) atoms. The molecule has 146 valence electrons. The number of hydrogen-bond donors (Lipinski definition) is 0. The lowest BCUT2D eigenvalue weighted by Crippen LogP contribution is -2.47. The maximum atomic E-state index is 13.3. The number of carbonyl (C=O) groups excluding carboxylic acids is 2. The zero-order valence-electron chi connectivity index (χ0n) is 16.1. The number of piperidine rings is 1. The second-order valence-corrected chi connectivity index (χ2v) is 7.90. The van der Waals surface area contributed by atoms with Crippen LogP contribution in [0.1, 0.15) is 33.7 Å². The predicted octanol–water partition coefficient (Wildman–Crippen LogP) is 3.01. The molecular weight excluding hydrogens is 364 g/mol. The number of benzene rings is 1. The molecule has 6 nitrogen and oxygen atoms in total. The number of para-hydroxylation sites is 1. The molecular formula is C23H22N4O2. The Hall–Kier alpha value is -3.28. The third-order valence-corrected chi connectivity index (χ3v) is 5.98. The molecule has 6 heteroatoms. The van der Waals surface area contributed by atoms with Crippen LogP contribution in [0.5, 0.6) is 0 Å². The Morgan fingerprint density at radius 1 is 0.897 bits per heavy atom. The molecule has 3 aromatic rings. The van der Waals surface area contributed by atoms with Crippen LogP contribution in [0, 0.1) is 5.92 Å². The molecule has 2 bridgehead atoms. The summed E-state index contributed by atoms with van der Waals surface area (Å²) in [6.07, 6.45) is 5.27. The van der Waals surface area contributed by atoms with Crippen LogP contribution in [0.15, 0.2) is 60.9 Å². The lowest BCUT2D eigenvalue weighted by Gasteiger charge is -2.36. The Balaban J connectivity index is 1.39. The van der Waals surface area contributed by atoms with Gasteiger partial charge < -0.3 is 9.80 Å². The first-order valence-corrected chi connectivity index (χ1v) is 10.0. The molecule has 5 heterocycles. The van der Waals surface area contributed by atoms with E-state index in [1.165, 1.54) is 0 Å². The van der Waals surface area contributed by atoms with Crippen molar-refractivity contribution >= 4 is 22.7 Å². The Bertz CT molecular complexity index is 1070. The van der Waals surface area contributed by atoms with E-state index in [0.717, 1.165) is 23.7 Å². The zero-order valence-corrected chi connectivity index (χ0v) is 16.1. The van der Waals surface area contributed by atoms with Crippen molar-refractivity contribution in [1.29, 1.82) is 0 Å². The molecule has 0 N–H and O–H groups in total. The van der Waals surface area contributed by atoms with E-state index in [9.17, 15) is 9.59 Å². The average molecular weight is 386 g/mol. The molecule has 0 spiro atoms. The molecule has 2 aromatic heterocycles. The number of rotatable bonds is 2. The van der Waals surface area contributed by atoms with Crippen LogP contribution in [0.2, 0.25) is 0 Å². The Kier molecular flexibility index (Phi) is 4.46. The zero-order chi connectivity index (χ0) is 19.8. The number of fused-ring (bicyclic) bond motifs is 5. The van der Waals surface area contributed by atoms with E-state index in [0.29, 0.717) is 36.8 Å². The van der Waals surface area contributed by atoms with Gasteiger partial charge in [-0.2, -0.15) is 0 Å². The van der Waals surface area contributed by atoms with Gasteiger partial charge in [0.05, 0.1) is 11.1 Å². The summed E-state index contributed by atoms with van der Waals surface area (Å²) < 4.78 is 0. The van der Waals surface area contributed by atoms with Crippen LogP contribution in [-0.2, 0) is 0 Å². The molecule has 3 aliphatic rings. The van der Waals surface area contributed by atoms with Gasteiger partial charge in [-0.1, -0.05) is 24.3 Å². The fourth-order valence-corrected chi connectivity index (χ4v) is 4.50. The Labute approximate surface area is 169 Å². The first-order chi connectivity index (χ1) is 14.2. The molecule has 2 atom stereocenters. The fourth-order valence-electron chi connectivity index (χ4n) is 4.50. The summed E-state index contributed by atoms with van der Waals surface area (Å²) in [5.41, 5.74) is 1.96. The Morgan fingerprint density at radius 3 is 2.62 bits per heavy atom. The summed E-state index contributed by atoms with van der Waals surface area (Å²) in [7, 11) is 0. The summed E-state index contributed by atoms with van der Waals surface area (Å²) in [4.78, 5) is 38.7. The molecule has 0 aliphatic carbocycles. The molecule has 1 aromatic carbocycles. The van der Waals surface area contributed by atoms with Gasteiger partial charge in [-0.25, -0.2) is 0 Å². The summed E-state index contributed by atoms with van der Waals surface area (Å²) in [6, 6.07) is 15.1. The minimum atomic E-state index is -0.0517. The maximum absolute atomic E-state index is 13.3. The number of hydrogen-bond acceptors (Lipinski definition) is 4. The molecule has 3 fully saturated rings. The van der Waals surface area contributed by atoms with E-state index in [2.05, 4.69) is 9.97 Å². The van der Waals surface area contributed by atoms with Crippen molar-refractivity contribution in [3.05, 3.63) is 72.2 Å². The predicted molar refractivity (Wildman–Crippen MR) is 109 cm³/mol. The van der Waals surface area contributed by atoms with E-state index in [4.69, 9.17) is 0 Å². The van der Waals surface area contributed by atoms with Crippen LogP contribution in [0.25, 0.3) is 10.9 Å². The van der Waals surface area contributed by atoms with Gasteiger partial charge in [-0.3, -0.25) is 19.6 Å². The summed E-state index contributed by atoms with van der Waals surface area (Å²) in [5.74, 6) is 0.244. The first-order valence-electron chi connectivity index (χ1n) is 10.0. The molecule has 0 radical (unpaired) electrons. The summed E-state index contributed by atoms with van der Waals surface area (Å²) in [6.45, 7) is 1.91. The highest BCUT2D eigenvalue weighted by molar-refractivity contribution is 5.97. The summed E-state index contributed by atoms with van der Waals surface area (Å²) in [5, 5.41) is 0.963. The fraction of sp³-hybridized carbons (Fsp3) is 0.304. The van der Waals surface area contributed by atoms with Crippen molar-refractivity contribution in [2.75, 3.05) is 19.6 Å². The van der Waals surface area contributed by atoms with Crippen molar-refractivity contribution in [3.8, 4) is 0 Å². The van der Waals surface area contributed by atoms with Crippen LogP contribution >= 0.6 is 0 Å². The largest absolute Gasteiger partial charge is 0.335 e. The molecule has 0 saturated carbocycles. The highest BCUT2D eigenvalue weighted by atomic mass is 16.2. The maximum Gasteiger partial charge on any atom is 0.272 e. The van der Waals surface area contributed by atoms with Gasteiger partial charge in [0.2, 0.25) is 0 Å². The number of nitrogens with zero attached hydrogens (tertiary/aromatic N) is 4. The number of amides is 2. The second-order valence-electron chi connectivity index (χ2n) is 7.90. The van der Waals surface area contributed by atoms with Crippen LogP contribution < -0.4 is 0 Å². The smallest absolute Gasteiger partial charge is 0.272 e. The molecule has 2 amide bonds. The SMILES string of the molecule is O=C(c1ccccn1)N1CC2CCC(C1)N(C(=O)c1cnc3ccccc3c1)C2. The van der Waals surface area contributed by atoms with Gasteiger partial charge in [-0.05, 0) is 43.0 Å². The molecule has 3 saturated heterocycles. The van der Waals surface area contributed by atoms with Crippen molar-refractivity contribution in [3.63, 3.8) is 0 Å². The van der Waals surface area contributed by atoms with Gasteiger partial charge in [0.15, 0.2) is 0 Å². The van der Waals surface area contributed by atoms with E-state index in [-0.39, 0.29) is 17.9 Å². The Morgan fingerprint density at radius 2 is 1.76 bits per heavy atom. The normalized spacial score (nSPS) is 21.2. The van der Waals surface area contributed by atoms with Gasteiger partial charge in [0, 0.05) is 43.5 Å². The lowest BCUT2D eigenvalue weighted by molar-refractivity contribution is 0.0573. The summed E-state index contributed by atoms with van der Waals surface area (Å²) >= 11 is 0. The molecule has 2 unspecified atom stereocenters. The third kappa shape index (κ3) is 3.35. The number of aromatic nitrogens is 2. The van der Waals surface area contributed by atoms with Crippen LogP contribution in [0.3, 0.4) is 0 Å². The van der Waals surface area contributed by atoms with Gasteiger partial charge in [0.25, 0.3) is 11.8 Å². The standard InChI is InChI=1S/C23H22N4O2/c28-22(18-11-17-5-1-2-6-20(17)25-12-18)27-14-16-8-9-19(27)15-26(13-16)23(29)21-7-3-4-10-24-21/h1-7,10-12,16,19H,8-9,13-15H2. The van der Waals surface area contributed by atoms with Crippen molar-refractivity contribution in [2.24, 2.45) is 5.92 Å². The second kappa shape index (κ2) is 7.28. The van der Waals surface area contributed by atoms with E-state index in [1.807, 2.05) is 46.2 Å². The first kappa shape index (κ1) is 17.8. The topological polar surface area (TPSA) is 66.4 Å². The van der Waals surface area contributed by atoms with Gasteiger partial charge >= 0.3 is 0 Å². The molecule has 3 aliphatic heterocycles. The van der Waals surface area contributed by atoms with Gasteiger partial charge in [-0.15, -0.1) is 0 Å². The van der Waals surface area contributed by atoms with Crippen LogP contribution in [-0.4, -0.2) is 57.3 Å². The average Bonchev–Trinajstić information content (AvgIpc) is 3.10. The lowest BCUT2D eigenvalue weighted by atomic mass is 9.94.